The Bertz CT molecular complexity index is 898. The maximum Gasteiger partial charge on any atom is 0.305 e. The van der Waals surface area contributed by atoms with Crippen LogP contribution < -0.4 is 0 Å². The van der Waals surface area contributed by atoms with Gasteiger partial charge in [0.05, 0.1) is 7.11 Å². The number of hydrogen-bond donors (Lipinski definition) is 0. The number of esters is 3. The number of carbonyl (C=O) groups excluding carboxylic acids is 4. The molecule has 0 bridgehead atoms. The second-order valence-corrected chi connectivity index (χ2v) is 12.6. The molecule has 4 saturated carbocycles. The molecular formula is C29H44O7. The van der Waals surface area contributed by atoms with E-state index in [1.54, 1.807) is 0 Å². The van der Waals surface area contributed by atoms with Gasteiger partial charge in [0.2, 0.25) is 0 Å². The fraction of sp³-hybridized carbons (Fsp3) is 0.862. The van der Waals surface area contributed by atoms with Crippen LogP contribution in [0.2, 0.25) is 0 Å². The summed E-state index contributed by atoms with van der Waals surface area (Å²) in [5.74, 6) is 0.785. The molecule has 4 fully saturated rings. The predicted octanol–water partition coefficient (Wildman–Crippen LogP) is 4.89. The number of rotatable bonds is 6. The zero-order valence-electron chi connectivity index (χ0n) is 22.8. The van der Waals surface area contributed by atoms with Gasteiger partial charge in [0.1, 0.15) is 18.0 Å². The highest BCUT2D eigenvalue weighted by atomic mass is 16.5. The van der Waals surface area contributed by atoms with Crippen molar-refractivity contribution in [2.45, 2.75) is 105 Å². The van der Waals surface area contributed by atoms with Crippen molar-refractivity contribution in [3.8, 4) is 0 Å². The van der Waals surface area contributed by atoms with Crippen molar-refractivity contribution in [3.05, 3.63) is 0 Å². The van der Waals surface area contributed by atoms with E-state index in [-0.39, 0.29) is 71.0 Å². The van der Waals surface area contributed by atoms with E-state index in [9.17, 15) is 19.2 Å². The van der Waals surface area contributed by atoms with E-state index in [1.165, 1.54) is 21.0 Å². The Balaban J connectivity index is 1.62. The second-order valence-electron chi connectivity index (χ2n) is 12.6. The lowest BCUT2D eigenvalue weighted by Gasteiger charge is -2.62. The molecule has 0 aromatic carbocycles. The van der Waals surface area contributed by atoms with E-state index in [4.69, 9.17) is 14.2 Å². The number of hydrogen-bond acceptors (Lipinski definition) is 7. The van der Waals surface area contributed by atoms with Crippen molar-refractivity contribution in [2.24, 2.45) is 46.3 Å². The molecule has 7 heteroatoms. The van der Waals surface area contributed by atoms with Gasteiger partial charge >= 0.3 is 17.9 Å². The molecule has 10 atom stereocenters. The first-order valence-electron chi connectivity index (χ1n) is 13.9. The molecule has 0 heterocycles. The van der Waals surface area contributed by atoms with Crippen LogP contribution in [0.25, 0.3) is 0 Å². The highest BCUT2D eigenvalue weighted by molar-refractivity contribution is 5.87. The predicted molar refractivity (Wildman–Crippen MR) is 133 cm³/mol. The summed E-state index contributed by atoms with van der Waals surface area (Å²) in [7, 11) is 1.41. The number of carbonyl (C=O) groups is 4. The average Bonchev–Trinajstić information content (AvgIpc) is 3.16. The van der Waals surface area contributed by atoms with Crippen molar-refractivity contribution in [1.82, 2.24) is 0 Å². The van der Waals surface area contributed by atoms with Crippen molar-refractivity contribution >= 4 is 23.7 Å². The molecule has 0 spiro atoms. The van der Waals surface area contributed by atoms with Gasteiger partial charge in [-0.05, 0) is 80.0 Å². The summed E-state index contributed by atoms with van der Waals surface area (Å²) < 4.78 is 16.5. The quantitative estimate of drug-likeness (QED) is 0.375. The summed E-state index contributed by atoms with van der Waals surface area (Å²) in [6, 6.07) is 0. The molecule has 36 heavy (non-hydrogen) atoms. The van der Waals surface area contributed by atoms with E-state index < -0.39 is 5.41 Å². The molecule has 0 aromatic heterocycles. The molecule has 0 N–H and O–H groups in total. The number of Topliss-reactive ketones (excluding diaryl/α,β-unsaturated/α-hetero) is 1. The van der Waals surface area contributed by atoms with Crippen LogP contribution in [0.1, 0.15) is 92.4 Å². The molecule has 4 aliphatic carbocycles. The zero-order chi connectivity index (χ0) is 26.4. The first kappa shape index (κ1) is 27.1. The maximum atomic E-state index is 14.0. The lowest BCUT2D eigenvalue weighted by Crippen LogP contribution is -2.62. The Morgan fingerprint density at radius 1 is 1.00 bits per heavy atom. The lowest BCUT2D eigenvalue weighted by molar-refractivity contribution is -0.196. The van der Waals surface area contributed by atoms with Crippen molar-refractivity contribution in [2.75, 3.05) is 7.11 Å². The van der Waals surface area contributed by atoms with Gasteiger partial charge in [0.25, 0.3) is 0 Å². The number of ether oxygens (including phenoxy) is 3. The van der Waals surface area contributed by atoms with Gasteiger partial charge in [0, 0.05) is 38.0 Å². The molecule has 4 aliphatic rings. The van der Waals surface area contributed by atoms with Gasteiger partial charge < -0.3 is 14.2 Å². The first-order valence-corrected chi connectivity index (χ1v) is 13.9. The second kappa shape index (κ2) is 10.1. The van der Waals surface area contributed by atoms with Gasteiger partial charge in [-0.15, -0.1) is 0 Å². The highest BCUT2D eigenvalue weighted by Gasteiger charge is 2.66. The SMILES string of the molecule is COC(=O)CC[C@H](C)[C@@H]1CC[C@@H]2[C@H]3[C@@H](CC(=O)[C@@]21C)[C@@]1(C)CC[C@@H](OC(C)=O)C[C@H]1C[C@H]3OC(C)=O. The van der Waals surface area contributed by atoms with Crippen LogP contribution in [0.15, 0.2) is 0 Å². The lowest BCUT2D eigenvalue weighted by atomic mass is 9.43. The summed E-state index contributed by atoms with van der Waals surface area (Å²) >= 11 is 0. The summed E-state index contributed by atoms with van der Waals surface area (Å²) in [4.78, 5) is 49.7. The van der Waals surface area contributed by atoms with Crippen LogP contribution in [0.5, 0.6) is 0 Å². The fourth-order valence-corrected chi connectivity index (χ4v) is 9.14. The molecule has 0 saturated heterocycles. The number of fused-ring (bicyclic) bond motifs is 5. The summed E-state index contributed by atoms with van der Waals surface area (Å²) in [5.41, 5.74) is -0.503. The monoisotopic (exact) mass is 504 g/mol. The van der Waals surface area contributed by atoms with Crippen molar-refractivity contribution in [3.63, 3.8) is 0 Å². The molecule has 0 unspecified atom stereocenters. The van der Waals surface area contributed by atoms with Gasteiger partial charge in [-0.1, -0.05) is 20.8 Å². The van der Waals surface area contributed by atoms with Crippen LogP contribution in [-0.4, -0.2) is 43.0 Å². The van der Waals surface area contributed by atoms with Gasteiger partial charge in [-0.25, -0.2) is 0 Å². The normalized spacial score (nSPS) is 42.4. The van der Waals surface area contributed by atoms with Gasteiger partial charge in [0.15, 0.2) is 0 Å². The third kappa shape index (κ3) is 4.60. The van der Waals surface area contributed by atoms with Crippen LogP contribution in [0.4, 0.5) is 0 Å². The van der Waals surface area contributed by atoms with E-state index >= 15 is 0 Å². The van der Waals surface area contributed by atoms with E-state index in [0.717, 1.165) is 38.5 Å². The van der Waals surface area contributed by atoms with Crippen LogP contribution in [0.3, 0.4) is 0 Å². The topological polar surface area (TPSA) is 96.0 Å². The summed E-state index contributed by atoms with van der Waals surface area (Å²) in [6.45, 7) is 9.57. The molecule has 0 radical (unpaired) electrons. The maximum absolute atomic E-state index is 14.0. The van der Waals surface area contributed by atoms with Crippen LogP contribution in [-0.2, 0) is 33.4 Å². The average molecular weight is 505 g/mol. The summed E-state index contributed by atoms with van der Waals surface area (Å²) in [6.07, 6.45) is 6.44. The third-order valence-electron chi connectivity index (χ3n) is 10.9. The highest BCUT2D eigenvalue weighted by Crippen LogP contribution is 2.67. The minimum absolute atomic E-state index is 0.0382. The standard InChI is InChI=1S/C29H44O7/c1-16(7-10-26(33)34-6)21-8-9-22-27-23(15-25(32)29(21,22)5)28(4)12-11-20(35-17(2)30)13-19(28)14-24(27)36-18(3)31/h16,19-24,27H,7-15H2,1-6H3/t16-,19-,20+,21-,22+,23+,24+,27-,28-,29+/m0/s1. The number of methoxy groups -OCH3 is 1. The van der Waals surface area contributed by atoms with Crippen LogP contribution >= 0.6 is 0 Å². The van der Waals surface area contributed by atoms with E-state index in [2.05, 4.69) is 20.8 Å². The van der Waals surface area contributed by atoms with E-state index in [1.807, 2.05) is 0 Å². The molecule has 4 rings (SSSR count). The van der Waals surface area contributed by atoms with Crippen molar-refractivity contribution < 1.29 is 33.4 Å². The zero-order valence-corrected chi connectivity index (χ0v) is 22.8. The van der Waals surface area contributed by atoms with Crippen molar-refractivity contribution in [1.29, 1.82) is 0 Å². The molecule has 0 aliphatic heterocycles. The smallest absolute Gasteiger partial charge is 0.305 e. The largest absolute Gasteiger partial charge is 0.469 e. The fourth-order valence-electron chi connectivity index (χ4n) is 9.14. The molecule has 0 aromatic rings. The molecular weight excluding hydrogens is 460 g/mol. The molecule has 202 valence electrons. The minimum atomic E-state index is -0.465. The Morgan fingerprint density at radius 3 is 2.33 bits per heavy atom. The van der Waals surface area contributed by atoms with E-state index in [0.29, 0.717) is 25.0 Å². The summed E-state index contributed by atoms with van der Waals surface area (Å²) in [5, 5.41) is 0. The third-order valence-corrected chi connectivity index (χ3v) is 10.9. The molecule has 7 nitrogen and oxygen atoms in total. The Labute approximate surface area is 215 Å². The Hall–Kier alpha value is -1.92. The van der Waals surface area contributed by atoms with Gasteiger partial charge in [-0.2, -0.15) is 0 Å². The molecule has 0 amide bonds. The minimum Gasteiger partial charge on any atom is -0.469 e. The van der Waals surface area contributed by atoms with Gasteiger partial charge in [-0.3, -0.25) is 19.2 Å². The Morgan fingerprint density at radius 2 is 1.69 bits per heavy atom. The number of ketones is 1. The van der Waals surface area contributed by atoms with Crippen LogP contribution in [0, 0.1) is 46.3 Å². The first-order chi connectivity index (χ1) is 16.9. The Kier molecular flexibility index (Phi) is 7.60.